The molecule has 1 atom stereocenters. The summed E-state index contributed by atoms with van der Waals surface area (Å²) in [6, 6.07) is 4.44. The Kier molecular flexibility index (Phi) is 3.21. The molecule has 1 aromatic heterocycles. The quantitative estimate of drug-likeness (QED) is 0.743. The monoisotopic (exact) mass is 303 g/mol. The molecule has 0 fully saturated rings. The van der Waals surface area contributed by atoms with Gasteiger partial charge in [0.05, 0.1) is 4.91 Å². The van der Waals surface area contributed by atoms with E-state index in [1.54, 1.807) is 25.4 Å². The van der Waals surface area contributed by atoms with Crippen LogP contribution in [-0.2, 0) is 5.54 Å². The van der Waals surface area contributed by atoms with E-state index in [0.29, 0.717) is 22.2 Å². The minimum atomic E-state index is -0.920. The van der Waals surface area contributed by atoms with Gasteiger partial charge in [-0.05, 0) is 43.0 Å². The zero-order valence-electron chi connectivity index (χ0n) is 11.3. The van der Waals surface area contributed by atoms with Crippen molar-refractivity contribution >= 4 is 27.5 Å². The zero-order valence-corrected chi connectivity index (χ0v) is 12.1. The van der Waals surface area contributed by atoms with Crippen molar-refractivity contribution in [3.05, 3.63) is 53.9 Å². The highest BCUT2D eigenvalue weighted by atomic mass is 32.2. The highest BCUT2D eigenvalue weighted by Gasteiger charge is 2.32. The van der Waals surface area contributed by atoms with E-state index in [0.717, 1.165) is 4.91 Å². The molecule has 5 N–H and O–H groups in total. The van der Waals surface area contributed by atoms with Crippen LogP contribution in [0.5, 0.6) is 0 Å². The smallest absolute Gasteiger partial charge is 0.160 e. The van der Waals surface area contributed by atoms with Crippen LogP contribution in [-0.4, -0.2) is 15.1 Å². The molecule has 0 saturated heterocycles. The summed E-state index contributed by atoms with van der Waals surface area (Å²) in [7, 11) is 0. The number of H-pyrrole nitrogens is 1. The first-order valence-corrected chi connectivity index (χ1v) is 7.11. The number of thioether (sulfide) groups is 1. The number of aromatic amines is 1. The van der Waals surface area contributed by atoms with E-state index in [2.05, 4.69) is 15.0 Å². The van der Waals surface area contributed by atoms with Crippen LogP contribution in [0.15, 0.2) is 41.7 Å². The number of aromatic nitrogens is 2. The maximum absolute atomic E-state index is 14.2. The van der Waals surface area contributed by atoms with Gasteiger partial charge in [0.1, 0.15) is 17.2 Å². The molecule has 0 radical (unpaired) electrons. The van der Waals surface area contributed by atoms with Gasteiger partial charge in [0.25, 0.3) is 0 Å². The molecule has 0 bridgehead atoms. The average Bonchev–Trinajstić information content (AvgIpc) is 2.94. The summed E-state index contributed by atoms with van der Waals surface area (Å²) in [4.78, 5) is 12.4. The van der Waals surface area contributed by atoms with Crippen molar-refractivity contribution in [2.75, 3.05) is 5.73 Å². The van der Waals surface area contributed by atoms with E-state index in [1.165, 1.54) is 23.9 Å². The van der Waals surface area contributed by atoms with E-state index >= 15 is 0 Å². The summed E-state index contributed by atoms with van der Waals surface area (Å²) in [6.07, 6.45) is 5.21. The van der Waals surface area contributed by atoms with Gasteiger partial charge >= 0.3 is 0 Å². The fraction of sp³-hybridized carbons (Fsp3) is 0.143. The Balaban J connectivity index is 2.14. The van der Waals surface area contributed by atoms with Crippen LogP contribution >= 0.6 is 11.8 Å². The topological polar surface area (TPSA) is 93.1 Å². The largest absolute Gasteiger partial charge is 0.399 e. The van der Waals surface area contributed by atoms with Crippen molar-refractivity contribution < 1.29 is 4.39 Å². The lowest BCUT2D eigenvalue weighted by Crippen LogP contribution is -2.26. The molecule has 0 amide bonds. The second-order valence-corrected chi connectivity index (χ2v) is 5.95. The van der Waals surface area contributed by atoms with E-state index in [-0.39, 0.29) is 5.82 Å². The molecule has 2 heterocycles. The second kappa shape index (κ2) is 4.92. The Morgan fingerprint density at radius 3 is 2.86 bits per heavy atom. The van der Waals surface area contributed by atoms with E-state index in [4.69, 9.17) is 11.5 Å². The lowest BCUT2D eigenvalue weighted by Gasteiger charge is -2.28. The van der Waals surface area contributed by atoms with Gasteiger partial charge < -0.3 is 16.5 Å². The average molecular weight is 303 g/mol. The number of nitrogens with zero attached hydrogens (tertiary/aromatic N) is 2. The van der Waals surface area contributed by atoms with Crippen molar-refractivity contribution in [3.8, 4) is 0 Å². The molecule has 0 unspecified atom stereocenters. The molecule has 108 valence electrons. The molecule has 1 aliphatic rings. The number of anilines is 1. The summed E-state index contributed by atoms with van der Waals surface area (Å²) >= 11 is 1.29. The number of rotatable bonds is 2. The number of benzene rings is 1. The molecule has 21 heavy (non-hydrogen) atoms. The third-order valence-electron chi connectivity index (χ3n) is 3.24. The number of amidine groups is 1. The van der Waals surface area contributed by atoms with Crippen LogP contribution in [0.1, 0.15) is 18.3 Å². The third kappa shape index (κ3) is 2.52. The zero-order chi connectivity index (χ0) is 15.0. The highest BCUT2D eigenvalue weighted by molar-refractivity contribution is 8.21. The van der Waals surface area contributed by atoms with Crippen molar-refractivity contribution in [3.63, 3.8) is 0 Å². The van der Waals surface area contributed by atoms with Gasteiger partial charge in [-0.1, -0.05) is 0 Å². The number of imidazole rings is 1. The number of nitrogen functional groups attached to an aromatic ring is 1. The molecule has 0 aliphatic carbocycles. The summed E-state index contributed by atoms with van der Waals surface area (Å²) < 4.78 is 14.2. The van der Waals surface area contributed by atoms with Gasteiger partial charge in [0, 0.05) is 23.6 Å². The molecule has 5 nitrogen and oxygen atoms in total. The normalized spacial score (nSPS) is 21.8. The molecule has 7 heteroatoms. The predicted octanol–water partition coefficient (Wildman–Crippen LogP) is 2.45. The first-order valence-electron chi connectivity index (χ1n) is 6.29. The van der Waals surface area contributed by atoms with Crippen molar-refractivity contribution in [2.24, 2.45) is 10.7 Å². The fourth-order valence-corrected chi connectivity index (χ4v) is 3.22. The summed E-state index contributed by atoms with van der Waals surface area (Å²) in [6.45, 7) is 1.79. The molecule has 1 aromatic carbocycles. The maximum Gasteiger partial charge on any atom is 0.160 e. The summed E-state index contributed by atoms with van der Waals surface area (Å²) in [5.74, 6) is 0.304. The van der Waals surface area contributed by atoms with Crippen LogP contribution in [0.2, 0.25) is 0 Å². The van der Waals surface area contributed by atoms with Crippen molar-refractivity contribution in [1.29, 1.82) is 0 Å². The maximum atomic E-state index is 14.2. The van der Waals surface area contributed by atoms with E-state index < -0.39 is 5.54 Å². The molecular formula is C14H14FN5S. The fourth-order valence-electron chi connectivity index (χ4n) is 2.27. The van der Waals surface area contributed by atoms with Gasteiger partial charge in [-0.2, -0.15) is 0 Å². The van der Waals surface area contributed by atoms with Gasteiger partial charge in [0.15, 0.2) is 5.17 Å². The standard InChI is InChI=1S/C14H14FN5S/c1-14(9-6-8(16)2-3-10(9)15)7-11(21-13(17)20-14)12-18-4-5-19-12/h2-7H,16H2,1H3,(H2,17,20)(H,18,19)/t14-/m0/s1. The Morgan fingerprint density at radius 2 is 2.14 bits per heavy atom. The highest BCUT2D eigenvalue weighted by Crippen LogP contribution is 2.40. The Morgan fingerprint density at radius 1 is 1.33 bits per heavy atom. The van der Waals surface area contributed by atoms with E-state index in [1.807, 2.05) is 6.08 Å². The van der Waals surface area contributed by atoms with Crippen LogP contribution in [0.4, 0.5) is 10.1 Å². The second-order valence-electron chi connectivity index (χ2n) is 4.89. The number of hydrogen-bond donors (Lipinski definition) is 3. The number of aliphatic imine (C=N–C) groups is 1. The Labute approximate surface area is 125 Å². The van der Waals surface area contributed by atoms with Crippen molar-refractivity contribution in [1.82, 2.24) is 9.97 Å². The van der Waals surface area contributed by atoms with Gasteiger partial charge in [0.2, 0.25) is 0 Å². The van der Waals surface area contributed by atoms with Crippen LogP contribution < -0.4 is 11.5 Å². The lowest BCUT2D eigenvalue weighted by atomic mass is 9.91. The van der Waals surface area contributed by atoms with Crippen LogP contribution in [0, 0.1) is 5.82 Å². The van der Waals surface area contributed by atoms with Crippen molar-refractivity contribution in [2.45, 2.75) is 12.5 Å². The number of nitrogens with one attached hydrogen (secondary N) is 1. The molecule has 3 rings (SSSR count). The minimum Gasteiger partial charge on any atom is -0.399 e. The lowest BCUT2D eigenvalue weighted by molar-refractivity contribution is 0.547. The molecule has 0 spiro atoms. The Hall–Kier alpha value is -2.28. The third-order valence-corrected chi connectivity index (χ3v) is 4.07. The number of hydrogen-bond acceptors (Lipinski definition) is 5. The van der Waals surface area contributed by atoms with Crippen LogP contribution in [0.25, 0.3) is 4.91 Å². The van der Waals surface area contributed by atoms with Gasteiger partial charge in [-0.25, -0.2) is 14.4 Å². The number of halogens is 1. The minimum absolute atomic E-state index is 0.355. The molecule has 1 aliphatic heterocycles. The van der Waals surface area contributed by atoms with Gasteiger partial charge in [-0.15, -0.1) is 0 Å². The SMILES string of the molecule is C[C@@]1(c2cc(N)ccc2F)C=C(c2ncc[nH]2)SC(N)=N1. The Bertz CT molecular complexity index is 738. The molecular weight excluding hydrogens is 289 g/mol. The molecule has 2 aromatic rings. The predicted molar refractivity (Wildman–Crippen MR) is 83.9 cm³/mol. The van der Waals surface area contributed by atoms with Crippen LogP contribution in [0.3, 0.4) is 0 Å². The summed E-state index contributed by atoms with van der Waals surface area (Å²) in [5, 5.41) is 0.355. The first kappa shape index (κ1) is 13.7. The summed E-state index contributed by atoms with van der Waals surface area (Å²) in [5.41, 5.74) is 11.6. The molecule has 0 saturated carbocycles. The van der Waals surface area contributed by atoms with Gasteiger partial charge in [-0.3, -0.25) is 0 Å². The number of nitrogens with two attached hydrogens (primary N) is 2. The van der Waals surface area contributed by atoms with E-state index in [9.17, 15) is 4.39 Å². The first-order chi connectivity index (χ1) is 9.98.